The first-order chi connectivity index (χ1) is 13.5. The van der Waals surface area contributed by atoms with Gasteiger partial charge in [-0.25, -0.2) is 9.59 Å². The number of urea groups is 2. The van der Waals surface area contributed by atoms with Crippen LogP contribution in [0, 0.1) is 11.3 Å². The third kappa shape index (κ3) is 4.59. The highest BCUT2D eigenvalue weighted by Crippen LogP contribution is 2.15. The minimum Gasteiger partial charge on any atom is -0.332 e. The lowest BCUT2D eigenvalue weighted by molar-refractivity contribution is 0.169. The van der Waals surface area contributed by atoms with Crippen LogP contribution in [0.1, 0.15) is 23.4 Å². The zero-order chi connectivity index (χ0) is 20.1. The highest BCUT2D eigenvalue weighted by atomic mass is 16.2. The van der Waals surface area contributed by atoms with Crippen molar-refractivity contribution < 1.29 is 9.59 Å². The Morgan fingerprint density at radius 2 is 2.11 bits per heavy atom. The van der Waals surface area contributed by atoms with Crippen molar-refractivity contribution in [3.05, 3.63) is 47.3 Å². The fourth-order valence-corrected chi connectivity index (χ4v) is 3.07. The maximum absolute atomic E-state index is 12.2. The van der Waals surface area contributed by atoms with Crippen LogP contribution in [-0.4, -0.2) is 52.3 Å². The Kier molecular flexibility index (Phi) is 5.79. The standard InChI is InChI=1S/C19H23N7O2/c1-24(2)19(28)25-7-4-8-26-17(13-25)10-16(23-26)12-21-18(27)22-15-6-3-5-14(9-15)11-20/h3,5-6,9-10H,4,7-8,12-13H2,1-2H3,(H2,21,22,27). The Labute approximate surface area is 163 Å². The van der Waals surface area contributed by atoms with E-state index in [1.807, 2.05) is 16.8 Å². The van der Waals surface area contributed by atoms with Gasteiger partial charge >= 0.3 is 12.1 Å². The maximum atomic E-state index is 12.2. The normalized spacial score (nSPS) is 13.1. The Morgan fingerprint density at radius 3 is 2.86 bits per heavy atom. The lowest BCUT2D eigenvalue weighted by Gasteiger charge is -2.23. The van der Waals surface area contributed by atoms with Gasteiger partial charge in [0.25, 0.3) is 0 Å². The van der Waals surface area contributed by atoms with Crippen molar-refractivity contribution in [1.29, 1.82) is 5.26 Å². The third-order valence-electron chi connectivity index (χ3n) is 4.40. The first kappa shape index (κ1) is 19.2. The molecule has 28 heavy (non-hydrogen) atoms. The smallest absolute Gasteiger partial charge is 0.319 e. The molecular weight excluding hydrogens is 358 g/mol. The average Bonchev–Trinajstić information content (AvgIpc) is 2.96. The molecule has 0 radical (unpaired) electrons. The first-order valence-corrected chi connectivity index (χ1v) is 9.03. The van der Waals surface area contributed by atoms with Crippen molar-refractivity contribution in [2.75, 3.05) is 26.0 Å². The van der Waals surface area contributed by atoms with Gasteiger partial charge < -0.3 is 20.4 Å². The van der Waals surface area contributed by atoms with Gasteiger partial charge in [0.05, 0.1) is 36.1 Å². The van der Waals surface area contributed by atoms with Crippen molar-refractivity contribution in [1.82, 2.24) is 24.9 Å². The molecule has 0 saturated heterocycles. The summed E-state index contributed by atoms with van der Waals surface area (Å²) in [5.41, 5.74) is 2.71. The molecule has 0 aliphatic carbocycles. The van der Waals surface area contributed by atoms with Crippen LogP contribution in [0.2, 0.25) is 0 Å². The van der Waals surface area contributed by atoms with E-state index in [-0.39, 0.29) is 18.6 Å². The van der Waals surface area contributed by atoms with E-state index >= 15 is 0 Å². The predicted octanol–water partition coefficient (Wildman–Crippen LogP) is 1.96. The molecule has 3 rings (SSSR count). The summed E-state index contributed by atoms with van der Waals surface area (Å²) >= 11 is 0. The van der Waals surface area contributed by atoms with Gasteiger partial charge in [-0.15, -0.1) is 0 Å². The van der Waals surface area contributed by atoms with E-state index in [1.165, 1.54) is 0 Å². The second-order valence-electron chi connectivity index (χ2n) is 6.80. The van der Waals surface area contributed by atoms with E-state index in [0.717, 1.165) is 24.4 Å². The number of nitrogens with one attached hydrogen (secondary N) is 2. The summed E-state index contributed by atoms with van der Waals surface area (Å²) in [5.74, 6) is 0. The molecule has 1 aliphatic heterocycles. The second-order valence-corrected chi connectivity index (χ2v) is 6.80. The van der Waals surface area contributed by atoms with Gasteiger partial charge in [-0.3, -0.25) is 4.68 Å². The summed E-state index contributed by atoms with van der Waals surface area (Å²) < 4.78 is 1.90. The molecule has 0 unspecified atom stereocenters. The van der Waals surface area contributed by atoms with E-state index < -0.39 is 0 Å². The second kappa shape index (κ2) is 8.43. The van der Waals surface area contributed by atoms with E-state index in [1.54, 1.807) is 48.2 Å². The number of anilines is 1. The Bertz CT molecular complexity index is 913. The monoisotopic (exact) mass is 381 g/mol. The molecule has 2 N–H and O–H groups in total. The van der Waals surface area contributed by atoms with Gasteiger partial charge in [0.1, 0.15) is 0 Å². The maximum Gasteiger partial charge on any atom is 0.319 e. The van der Waals surface area contributed by atoms with Crippen molar-refractivity contribution in [2.45, 2.75) is 26.1 Å². The summed E-state index contributed by atoms with van der Waals surface area (Å²) in [7, 11) is 3.48. The topological polar surface area (TPSA) is 106 Å². The molecule has 0 bridgehead atoms. The van der Waals surface area contributed by atoms with Crippen LogP contribution in [0.15, 0.2) is 30.3 Å². The van der Waals surface area contributed by atoms with E-state index in [0.29, 0.717) is 24.3 Å². The van der Waals surface area contributed by atoms with Gasteiger partial charge in [-0.2, -0.15) is 10.4 Å². The van der Waals surface area contributed by atoms with Crippen LogP contribution < -0.4 is 10.6 Å². The number of aryl methyl sites for hydroxylation is 1. The number of hydrogen-bond acceptors (Lipinski definition) is 4. The molecule has 0 fully saturated rings. The number of hydrogen-bond donors (Lipinski definition) is 2. The Hall–Kier alpha value is -3.54. The van der Waals surface area contributed by atoms with Crippen LogP contribution in [-0.2, 0) is 19.6 Å². The number of carbonyl (C=O) groups excluding carboxylic acids is 2. The van der Waals surface area contributed by atoms with Crippen LogP contribution in [0.3, 0.4) is 0 Å². The zero-order valence-electron chi connectivity index (χ0n) is 16.0. The number of nitriles is 1. The molecule has 0 spiro atoms. The highest BCUT2D eigenvalue weighted by Gasteiger charge is 2.21. The van der Waals surface area contributed by atoms with Gasteiger partial charge in [0.2, 0.25) is 0 Å². The molecule has 146 valence electrons. The van der Waals surface area contributed by atoms with Crippen molar-refractivity contribution >= 4 is 17.7 Å². The molecule has 2 heterocycles. The molecular formula is C19H23N7O2. The third-order valence-corrected chi connectivity index (χ3v) is 4.40. The number of aromatic nitrogens is 2. The van der Waals surface area contributed by atoms with E-state index in [4.69, 9.17) is 5.26 Å². The largest absolute Gasteiger partial charge is 0.332 e. The number of fused-ring (bicyclic) bond motifs is 1. The number of benzene rings is 1. The molecule has 1 aromatic carbocycles. The average molecular weight is 381 g/mol. The number of carbonyl (C=O) groups is 2. The van der Waals surface area contributed by atoms with Crippen molar-refractivity contribution in [2.24, 2.45) is 0 Å². The Balaban J connectivity index is 1.59. The number of nitrogens with zero attached hydrogens (tertiary/aromatic N) is 5. The lowest BCUT2D eigenvalue weighted by Crippen LogP contribution is -2.38. The summed E-state index contributed by atoms with van der Waals surface area (Å²) in [6.07, 6.45) is 0.830. The minimum atomic E-state index is -0.373. The molecule has 9 heteroatoms. The number of amides is 4. The molecule has 2 aromatic rings. The lowest BCUT2D eigenvalue weighted by atomic mass is 10.2. The highest BCUT2D eigenvalue weighted by molar-refractivity contribution is 5.89. The van der Waals surface area contributed by atoms with Crippen LogP contribution in [0.25, 0.3) is 0 Å². The quantitative estimate of drug-likeness (QED) is 0.847. The predicted molar refractivity (Wildman–Crippen MR) is 103 cm³/mol. The van der Waals surface area contributed by atoms with Crippen molar-refractivity contribution in [3.8, 4) is 6.07 Å². The molecule has 0 saturated carbocycles. The molecule has 9 nitrogen and oxygen atoms in total. The minimum absolute atomic E-state index is 0.0201. The van der Waals surface area contributed by atoms with Gasteiger partial charge in [0.15, 0.2) is 0 Å². The molecule has 0 atom stereocenters. The van der Waals surface area contributed by atoms with Gasteiger partial charge in [-0.1, -0.05) is 6.07 Å². The molecule has 1 aromatic heterocycles. The fraction of sp³-hybridized carbons (Fsp3) is 0.368. The van der Waals surface area contributed by atoms with Gasteiger partial charge in [-0.05, 0) is 30.7 Å². The SMILES string of the molecule is CN(C)C(=O)N1CCCn2nc(CNC(=O)Nc3cccc(C#N)c3)cc2C1. The van der Waals surface area contributed by atoms with Crippen LogP contribution >= 0.6 is 0 Å². The zero-order valence-corrected chi connectivity index (χ0v) is 16.0. The van der Waals surface area contributed by atoms with E-state index in [2.05, 4.69) is 15.7 Å². The van der Waals surface area contributed by atoms with Gasteiger partial charge in [0, 0.05) is 32.9 Å². The molecule has 1 aliphatic rings. The van der Waals surface area contributed by atoms with Crippen LogP contribution in [0.4, 0.5) is 15.3 Å². The summed E-state index contributed by atoms with van der Waals surface area (Å²) in [4.78, 5) is 27.7. The fourth-order valence-electron chi connectivity index (χ4n) is 3.07. The first-order valence-electron chi connectivity index (χ1n) is 9.03. The van der Waals surface area contributed by atoms with Crippen LogP contribution in [0.5, 0.6) is 0 Å². The Morgan fingerprint density at radius 1 is 1.29 bits per heavy atom. The molecule has 4 amide bonds. The summed E-state index contributed by atoms with van der Waals surface area (Å²) in [6.45, 7) is 2.19. The van der Waals surface area contributed by atoms with Crippen molar-refractivity contribution in [3.63, 3.8) is 0 Å². The summed E-state index contributed by atoms with van der Waals surface area (Å²) in [6, 6.07) is 10.3. The summed E-state index contributed by atoms with van der Waals surface area (Å²) in [5, 5.41) is 18.9. The van der Waals surface area contributed by atoms with E-state index in [9.17, 15) is 9.59 Å². The number of rotatable bonds is 3.